The third kappa shape index (κ3) is 3.31. The second-order valence-corrected chi connectivity index (χ2v) is 5.71. The van der Waals surface area contributed by atoms with E-state index in [1.165, 1.54) is 19.3 Å². The van der Waals surface area contributed by atoms with E-state index in [0.717, 1.165) is 29.7 Å². The number of benzene rings is 1. The predicted molar refractivity (Wildman–Crippen MR) is 82.5 cm³/mol. The maximum Gasteiger partial charge on any atom is 0.251 e. The molecule has 4 nitrogen and oxygen atoms in total. The Morgan fingerprint density at radius 2 is 2.10 bits per heavy atom. The molecule has 1 aliphatic carbocycles. The van der Waals surface area contributed by atoms with Crippen LogP contribution in [0.4, 0.5) is 5.69 Å². The summed E-state index contributed by atoms with van der Waals surface area (Å²) in [6.07, 6.45) is 5.99. The molecule has 4 N–H and O–H groups in total. The maximum absolute atomic E-state index is 12.4. The van der Waals surface area contributed by atoms with Crippen molar-refractivity contribution in [2.75, 3.05) is 5.43 Å². The highest BCUT2D eigenvalue weighted by molar-refractivity contribution is 5.96. The second kappa shape index (κ2) is 6.75. The van der Waals surface area contributed by atoms with Gasteiger partial charge in [0.15, 0.2) is 0 Å². The zero-order chi connectivity index (χ0) is 14.5. The Bertz CT molecular complexity index is 473. The van der Waals surface area contributed by atoms with Crippen LogP contribution in [0.3, 0.4) is 0 Å². The van der Waals surface area contributed by atoms with E-state index in [1.807, 2.05) is 25.1 Å². The first-order valence-electron chi connectivity index (χ1n) is 7.53. The first-order chi connectivity index (χ1) is 9.65. The number of nitrogens with one attached hydrogen (secondary N) is 2. The molecule has 1 fully saturated rings. The van der Waals surface area contributed by atoms with Crippen LogP contribution >= 0.6 is 0 Å². The summed E-state index contributed by atoms with van der Waals surface area (Å²) in [5, 5.41) is 3.22. The molecule has 20 heavy (non-hydrogen) atoms. The molecular formula is C16H25N3O. The Morgan fingerprint density at radius 3 is 2.75 bits per heavy atom. The molecule has 0 saturated heterocycles. The van der Waals surface area contributed by atoms with Crippen LogP contribution in [0.15, 0.2) is 18.2 Å². The normalized spacial score (nSPS) is 22.4. The number of nitrogen functional groups attached to an aromatic ring is 1. The summed E-state index contributed by atoms with van der Waals surface area (Å²) in [6, 6.07) is 5.89. The fraction of sp³-hybridized carbons (Fsp3) is 0.562. The van der Waals surface area contributed by atoms with Gasteiger partial charge in [0.2, 0.25) is 0 Å². The summed E-state index contributed by atoms with van der Waals surface area (Å²) >= 11 is 0. The molecule has 0 bridgehead atoms. The fourth-order valence-corrected chi connectivity index (χ4v) is 3.14. The number of hydrazine groups is 1. The molecule has 0 aromatic heterocycles. The van der Waals surface area contributed by atoms with Crippen LogP contribution in [-0.2, 0) is 0 Å². The predicted octanol–water partition coefficient (Wildman–Crippen LogP) is 2.98. The monoisotopic (exact) mass is 275 g/mol. The van der Waals surface area contributed by atoms with Gasteiger partial charge in [-0.15, -0.1) is 0 Å². The van der Waals surface area contributed by atoms with Crippen LogP contribution in [-0.4, -0.2) is 11.9 Å². The van der Waals surface area contributed by atoms with Gasteiger partial charge < -0.3 is 10.7 Å². The van der Waals surface area contributed by atoms with Gasteiger partial charge in [-0.05, 0) is 49.4 Å². The van der Waals surface area contributed by atoms with Gasteiger partial charge in [0.25, 0.3) is 5.91 Å². The molecule has 1 aromatic carbocycles. The van der Waals surface area contributed by atoms with Crippen molar-refractivity contribution >= 4 is 11.6 Å². The van der Waals surface area contributed by atoms with E-state index in [0.29, 0.717) is 12.0 Å². The molecule has 1 aliphatic rings. The number of amides is 1. The molecule has 1 amide bonds. The quantitative estimate of drug-likeness (QED) is 0.584. The average molecular weight is 275 g/mol. The van der Waals surface area contributed by atoms with Gasteiger partial charge in [0.1, 0.15) is 0 Å². The van der Waals surface area contributed by atoms with E-state index in [-0.39, 0.29) is 5.91 Å². The summed E-state index contributed by atoms with van der Waals surface area (Å²) in [7, 11) is 0. The van der Waals surface area contributed by atoms with E-state index in [4.69, 9.17) is 5.84 Å². The highest BCUT2D eigenvalue weighted by Gasteiger charge is 2.25. The van der Waals surface area contributed by atoms with Crippen LogP contribution in [0.2, 0.25) is 0 Å². The van der Waals surface area contributed by atoms with Gasteiger partial charge in [0, 0.05) is 17.3 Å². The molecular weight excluding hydrogens is 250 g/mol. The molecule has 2 rings (SSSR count). The standard InChI is InChI=1S/C16H25N3O/c1-3-12-6-4-5-7-15(12)18-16(20)14-9-8-13(19-17)10-11(14)2/h8-10,12,15,19H,3-7,17H2,1-2H3,(H,18,20). The van der Waals surface area contributed by atoms with Gasteiger partial charge >= 0.3 is 0 Å². The van der Waals surface area contributed by atoms with Crippen LogP contribution in [0.25, 0.3) is 0 Å². The molecule has 0 radical (unpaired) electrons. The van der Waals surface area contributed by atoms with Crippen LogP contribution in [0.5, 0.6) is 0 Å². The largest absolute Gasteiger partial charge is 0.349 e. The van der Waals surface area contributed by atoms with Gasteiger partial charge in [0.05, 0.1) is 0 Å². The number of aryl methyl sites for hydroxylation is 1. The Hall–Kier alpha value is -1.55. The van der Waals surface area contributed by atoms with Crippen molar-refractivity contribution in [3.05, 3.63) is 29.3 Å². The van der Waals surface area contributed by atoms with Gasteiger partial charge in [-0.25, -0.2) is 0 Å². The summed E-state index contributed by atoms with van der Waals surface area (Å²) in [6.45, 7) is 4.15. The molecule has 4 heteroatoms. The number of carbonyl (C=O) groups excluding carboxylic acids is 1. The summed E-state index contributed by atoms with van der Waals surface area (Å²) in [5.74, 6) is 6.04. The lowest BCUT2D eigenvalue weighted by Crippen LogP contribution is -2.42. The Balaban J connectivity index is 2.07. The number of rotatable bonds is 4. The molecule has 0 spiro atoms. The number of hydrogen-bond donors (Lipinski definition) is 3. The molecule has 1 saturated carbocycles. The van der Waals surface area contributed by atoms with Gasteiger partial charge in [-0.3, -0.25) is 10.6 Å². The van der Waals surface area contributed by atoms with E-state index in [1.54, 1.807) is 0 Å². The minimum absolute atomic E-state index is 0.0384. The number of anilines is 1. The van der Waals surface area contributed by atoms with Crippen molar-refractivity contribution < 1.29 is 4.79 Å². The Morgan fingerprint density at radius 1 is 1.35 bits per heavy atom. The van der Waals surface area contributed by atoms with Crippen LogP contribution in [0, 0.1) is 12.8 Å². The van der Waals surface area contributed by atoms with Crippen molar-refractivity contribution in [3.63, 3.8) is 0 Å². The minimum Gasteiger partial charge on any atom is -0.349 e. The highest BCUT2D eigenvalue weighted by Crippen LogP contribution is 2.27. The van der Waals surface area contributed by atoms with Crippen LogP contribution in [0.1, 0.15) is 54.9 Å². The highest BCUT2D eigenvalue weighted by atomic mass is 16.1. The molecule has 0 heterocycles. The first-order valence-corrected chi connectivity index (χ1v) is 7.53. The number of hydrogen-bond acceptors (Lipinski definition) is 3. The maximum atomic E-state index is 12.4. The lowest BCUT2D eigenvalue weighted by atomic mass is 9.82. The van der Waals surface area contributed by atoms with Gasteiger partial charge in [-0.1, -0.05) is 26.2 Å². The van der Waals surface area contributed by atoms with Crippen molar-refractivity contribution in [3.8, 4) is 0 Å². The zero-order valence-electron chi connectivity index (χ0n) is 12.4. The van der Waals surface area contributed by atoms with Crippen molar-refractivity contribution in [2.24, 2.45) is 11.8 Å². The van der Waals surface area contributed by atoms with Crippen molar-refractivity contribution in [1.82, 2.24) is 5.32 Å². The molecule has 0 aliphatic heterocycles. The fourth-order valence-electron chi connectivity index (χ4n) is 3.14. The van der Waals surface area contributed by atoms with E-state index in [9.17, 15) is 4.79 Å². The van der Waals surface area contributed by atoms with E-state index < -0.39 is 0 Å². The molecule has 1 aromatic rings. The summed E-state index contributed by atoms with van der Waals surface area (Å²) in [5.41, 5.74) is 5.11. The number of nitrogens with two attached hydrogens (primary N) is 1. The zero-order valence-corrected chi connectivity index (χ0v) is 12.4. The molecule has 2 atom stereocenters. The first kappa shape index (κ1) is 14.9. The van der Waals surface area contributed by atoms with E-state index in [2.05, 4.69) is 17.7 Å². The third-order valence-electron chi connectivity index (χ3n) is 4.39. The molecule has 2 unspecified atom stereocenters. The lowest BCUT2D eigenvalue weighted by Gasteiger charge is -2.31. The smallest absolute Gasteiger partial charge is 0.251 e. The number of carbonyl (C=O) groups is 1. The van der Waals surface area contributed by atoms with Crippen molar-refractivity contribution in [1.29, 1.82) is 0 Å². The third-order valence-corrected chi connectivity index (χ3v) is 4.39. The van der Waals surface area contributed by atoms with E-state index >= 15 is 0 Å². The minimum atomic E-state index is 0.0384. The Kier molecular flexibility index (Phi) is 5.01. The Labute approximate surface area is 121 Å². The topological polar surface area (TPSA) is 67.2 Å². The SMILES string of the molecule is CCC1CCCCC1NC(=O)c1ccc(NN)cc1C. The summed E-state index contributed by atoms with van der Waals surface area (Å²) < 4.78 is 0. The van der Waals surface area contributed by atoms with Crippen LogP contribution < -0.4 is 16.6 Å². The average Bonchev–Trinajstić information content (AvgIpc) is 2.47. The summed E-state index contributed by atoms with van der Waals surface area (Å²) in [4.78, 5) is 12.4. The second-order valence-electron chi connectivity index (χ2n) is 5.71. The lowest BCUT2D eigenvalue weighted by molar-refractivity contribution is 0.0904. The molecule has 110 valence electrons. The van der Waals surface area contributed by atoms with Crippen molar-refractivity contribution in [2.45, 2.75) is 52.0 Å². The van der Waals surface area contributed by atoms with Gasteiger partial charge in [-0.2, -0.15) is 0 Å².